The molecular formula is C18H27N5O4S2. The van der Waals surface area contributed by atoms with Gasteiger partial charge < -0.3 is 21.3 Å². The quantitative estimate of drug-likeness (QED) is 0.280. The van der Waals surface area contributed by atoms with Crippen molar-refractivity contribution in [3.8, 4) is 0 Å². The average Bonchev–Trinajstić information content (AvgIpc) is 3.21. The number of fused-ring (bicyclic) bond motifs is 1. The minimum absolute atomic E-state index is 0.0657. The van der Waals surface area contributed by atoms with Crippen LogP contribution in [0.25, 0.3) is 0 Å². The van der Waals surface area contributed by atoms with Crippen molar-refractivity contribution in [2.45, 2.75) is 47.9 Å². The Balaban J connectivity index is 1.25. The lowest BCUT2D eigenvalue weighted by molar-refractivity contribution is 0.240. The van der Waals surface area contributed by atoms with Crippen molar-refractivity contribution in [3.63, 3.8) is 0 Å². The normalized spacial score (nSPS) is 23.2. The Kier molecular flexibility index (Phi) is 7.25. The summed E-state index contributed by atoms with van der Waals surface area (Å²) < 4.78 is 22.4. The molecule has 9 nitrogen and oxygen atoms in total. The van der Waals surface area contributed by atoms with Gasteiger partial charge in [-0.15, -0.1) is 0 Å². The molecule has 3 rings (SSSR count). The maximum absolute atomic E-state index is 11.8. The van der Waals surface area contributed by atoms with Crippen LogP contribution in [-0.2, 0) is 16.4 Å². The summed E-state index contributed by atoms with van der Waals surface area (Å²) in [6, 6.07) is 6.49. The fourth-order valence-electron chi connectivity index (χ4n) is 3.54. The second-order valence-corrected chi connectivity index (χ2v) is 10.1. The van der Waals surface area contributed by atoms with Gasteiger partial charge >= 0.3 is 12.1 Å². The second kappa shape index (κ2) is 9.68. The van der Waals surface area contributed by atoms with E-state index in [9.17, 15) is 18.0 Å². The van der Waals surface area contributed by atoms with E-state index in [0.717, 1.165) is 30.6 Å². The Bertz CT molecular complexity index is 831. The Morgan fingerprint density at radius 1 is 1.14 bits per heavy atom. The molecule has 2 saturated heterocycles. The van der Waals surface area contributed by atoms with Crippen LogP contribution in [-0.4, -0.2) is 56.7 Å². The minimum Gasteiger partial charge on any atom is -0.338 e. The van der Waals surface area contributed by atoms with Crippen molar-refractivity contribution in [1.82, 2.24) is 21.3 Å². The van der Waals surface area contributed by atoms with E-state index in [-0.39, 0.29) is 29.0 Å². The molecule has 0 spiro atoms. The zero-order chi connectivity index (χ0) is 20.9. The van der Waals surface area contributed by atoms with Gasteiger partial charge in [0.1, 0.15) is 0 Å². The highest BCUT2D eigenvalue weighted by molar-refractivity contribution is 8.00. The van der Waals surface area contributed by atoms with E-state index in [2.05, 4.69) is 21.3 Å². The number of unbranched alkanes of at least 4 members (excludes halogenated alkanes) is 1. The van der Waals surface area contributed by atoms with Crippen LogP contribution in [0.3, 0.4) is 0 Å². The van der Waals surface area contributed by atoms with Gasteiger partial charge in [0.05, 0.1) is 17.0 Å². The van der Waals surface area contributed by atoms with Gasteiger partial charge in [-0.05, 0) is 37.0 Å². The molecule has 29 heavy (non-hydrogen) atoms. The highest BCUT2D eigenvalue weighted by Gasteiger charge is 2.42. The lowest BCUT2D eigenvalue weighted by Gasteiger charge is -2.16. The molecule has 11 heteroatoms. The predicted molar refractivity (Wildman–Crippen MR) is 112 cm³/mol. The number of carbonyl (C=O) groups is 2. The molecule has 0 aromatic heterocycles. The fourth-order valence-corrected chi connectivity index (χ4v) is 5.60. The van der Waals surface area contributed by atoms with Crippen LogP contribution >= 0.6 is 11.8 Å². The third-order valence-corrected chi connectivity index (χ3v) is 7.53. The lowest BCUT2D eigenvalue weighted by Crippen LogP contribution is -2.37. The number of amides is 4. The van der Waals surface area contributed by atoms with Gasteiger partial charge in [-0.2, -0.15) is 11.8 Å². The smallest absolute Gasteiger partial charge is 0.315 e. The second-order valence-electron chi connectivity index (χ2n) is 7.24. The van der Waals surface area contributed by atoms with Crippen LogP contribution in [0.5, 0.6) is 0 Å². The van der Waals surface area contributed by atoms with Gasteiger partial charge in [0.15, 0.2) is 0 Å². The van der Waals surface area contributed by atoms with Gasteiger partial charge in [-0.25, -0.2) is 23.1 Å². The zero-order valence-corrected chi connectivity index (χ0v) is 17.7. The Morgan fingerprint density at radius 3 is 2.59 bits per heavy atom. The Labute approximate surface area is 175 Å². The first-order chi connectivity index (χ1) is 13.8. The first kappa shape index (κ1) is 21.7. The molecule has 2 aliphatic rings. The topological polar surface area (TPSA) is 142 Å². The van der Waals surface area contributed by atoms with E-state index in [0.29, 0.717) is 24.8 Å². The Morgan fingerprint density at radius 2 is 1.86 bits per heavy atom. The number of primary sulfonamides is 1. The third-order valence-electron chi connectivity index (χ3n) is 5.09. The first-order valence-corrected chi connectivity index (χ1v) is 12.2. The van der Waals surface area contributed by atoms with E-state index >= 15 is 0 Å². The fraction of sp³-hybridized carbons (Fsp3) is 0.556. The van der Waals surface area contributed by atoms with E-state index < -0.39 is 10.0 Å². The number of hydrogen-bond acceptors (Lipinski definition) is 5. The van der Waals surface area contributed by atoms with Crippen LogP contribution in [0.15, 0.2) is 29.2 Å². The van der Waals surface area contributed by atoms with Gasteiger partial charge in [0.2, 0.25) is 10.0 Å². The molecule has 1 aromatic carbocycles. The number of hydrogen-bond donors (Lipinski definition) is 5. The molecule has 2 aliphatic heterocycles. The number of rotatable bonds is 9. The van der Waals surface area contributed by atoms with Crippen LogP contribution in [0.1, 0.15) is 24.8 Å². The standard InChI is InChI=1S/C18H27N5O4S2/c19-29(26,27)13-6-4-12(5-7-13)8-10-21-17(24)20-9-2-1-3-15-16-14(11-28-15)22-18(25)23-16/h4-7,14-16H,1-3,8-11H2,(H2,19,26,27)(H2,20,21,24)(H2,22,23,25)/t14-,15-,16-/m0/s1. The van der Waals surface area contributed by atoms with Crippen molar-refractivity contribution < 1.29 is 18.0 Å². The number of benzene rings is 1. The summed E-state index contributed by atoms with van der Waals surface area (Å²) in [4.78, 5) is 23.3. The summed E-state index contributed by atoms with van der Waals surface area (Å²) in [5.41, 5.74) is 0.915. The minimum atomic E-state index is -3.68. The zero-order valence-electron chi connectivity index (χ0n) is 16.0. The molecule has 160 valence electrons. The molecule has 4 amide bonds. The lowest BCUT2D eigenvalue weighted by atomic mass is 10.0. The highest BCUT2D eigenvalue weighted by atomic mass is 32.2. The number of thioether (sulfide) groups is 1. The van der Waals surface area contributed by atoms with Crippen molar-refractivity contribution in [3.05, 3.63) is 29.8 Å². The average molecular weight is 442 g/mol. The van der Waals surface area contributed by atoms with Crippen LogP contribution < -0.4 is 26.4 Å². The van der Waals surface area contributed by atoms with Crippen molar-refractivity contribution in [2.75, 3.05) is 18.8 Å². The van der Waals surface area contributed by atoms with Gasteiger partial charge in [-0.1, -0.05) is 18.6 Å². The molecule has 0 bridgehead atoms. The van der Waals surface area contributed by atoms with Crippen molar-refractivity contribution in [2.24, 2.45) is 5.14 Å². The van der Waals surface area contributed by atoms with Crippen LogP contribution in [0.2, 0.25) is 0 Å². The number of urea groups is 2. The molecule has 0 saturated carbocycles. The van der Waals surface area contributed by atoms with Crippen LogP contribution in [0, 0.1) is 0 Å². The summed E-state index contributed by atoms with van der Waals surface area (Å²) in [6.07, 6.45) is 3.50. The number of nitrogens with one attached hydrogen (secondary N) is 4. The molecule has 2 heterocycles. The maximum Gasteiger partial charge on any atom is 0.315 e. The summed E-state index contributed by atoms with van der Waals surface area (Å²) in [7, 11) is -3.68. The predicted octanol–water partition coefficient (Wildman–Crippen LogP) is 0.511. The molecule has 2 fully saturated rings. The summed E-state index contributed by atoms with van der Waals surface area (Å²) >= 11 is 1.89. The van der Waals surface area contributed by atoms with Crippen molar-refractivity contribution in [1.29, 1.82) is 0 Å². The monoisotopic (exact) mass is 441 g/mol. The largest absolute Gasteiger partial charge is 0.338 e. The molecule has 3 atom stereocenters. The third kappa shape index (κ3) is 6.25. The number of sulfonamides is 1. The van der Waals surface area contributed by atoms with E-state index in [1.54, 1.807) is 12.1 Å². The number of carbonyl (C=O) groups excluding carboxylic acids is 2. The molecular weight excluding hydrogens is 414 g/mol. The van der Waals surface area contributed by atoms with E-state index in [4.69, 9.17) is 5.14 Å². The molecule has 0 unspecified atom stereocenters. The molecule has 1 aromatic rings. The first-order valence-electron chi connectivity index (χ1n) is 9.65. The van der Waals surface area contributed by atoms with Gasteiger partial charge in [-0.3, -0.25) is 0 Å². The van der Waals surface area contributed by atoms with Crippen molar-refractivity contribution >= 4 is 33.8 Å². The van der Waals surface area contributed by atoms with Gasteiger partial charge in [0, 0.05) is 24.1 Å². The number of nitrogens with two attached hydrogens (primary N) is 1. The van der Waals surface area contributed by atoms with Crippen LogP contribution in [0.4, 0.5) is 9.59 Å². The van der Waals surface area contributed by atoms with E-state index in [1.807, 2.05) is 11.8 Å². The molecule has 0 aliphatic carbocycles. The Hall–Kier alpha value is -1.98. The molecule has 6 N–H and O–H groups in total. The maximum atomic E-state index is 11.8. The summed E-state index contributed by atoms with van der Waals surface area (Å²) in [5.74, 6) is 0.958. The molecule has 0 radical (unpaired) electrons. The summed E-state index contributed by atoms with van der Waals surface area (Å²) in [6.45, 7) is 1.06. The highest BCUT2D eigenvalue weighted by Crippen LogP contribution is 2.32. The van der Waals surface area contributed by atoms with Gasteiger partial charge in [0.25, 0.3) is 0 Å². The van der Waals surface area contributed by atoms with E-state index in [1.165, 1.54) is 12.1 Å². The summed E-state index contributed by atoms with van der Waals surface area (Å²) in [5, 5.41) is 17.1. The SMILES string of the molecule is NS(=O)(=O)c1ccc(CCNC(=O)NCCCC[C@@H]2SC[C@@H]3NC(=O)N[C@@H]32)cc1.